The highest BCUT2D eigenvalue weighted by Gasteiger charge is 2.34. The minimum absolute atomic E-state index is 0.498. The van der Waals surface area contributed by atoms with E-state index in [2.05, 4.69) is 58.7 Å². The van der Waals surface area contributed by atoms with Gasteiger partial charge in [-0.1, -0.05) is 42.5 Å². The van der Waals surface area contributed by atoms with E-state index in [1.165, 1.54) is 11.3 Å². The zero-order valence-corrected chi connectivity index (χ0v) is 14.8. The van der Waals surface area contributed by atoms with Gasteiger partial charge in [-0.25, -0.2) is 0 Å². The van der Waals surface area contributed by atoms with Crippen LogP contribution in [0.15, 0.2) is 54.6 Å². The van der Waals surface area contributed by atoms with E-state index in [1.54, 1.807) is 0 Å². The Morgan fingerprint density at radius 3 is 2.52 bits per heavy atom. The fraction of sp³-hybridized carbons (Fsp3) is 0.455. The molecule has 1 atom stereocenters. The van der Waals surface area contributed by atoms with E-state index in [0.717, 1.165) is 50.8 Å². The van der Waals surface area contributed by atoms with Gasteiger partial charge in [0.15, 0.2) is 0 Å². The van der Waals surface area contributed by atoms with Crippen LogP contribution in [0.25, 0.3) is 0 Å². The molecule has 1 fully saturated rings. The first-order chi connectivity index (χ1) is 12.2. The minimum Gasteiger partial charge on any atom is -0.384 e. The van der Waals surface area contributed by atoms with Gasteiger partial charge in [-0.3, -0.25) is 0 Å². The summed E-state index contributed by atoms with van der Waals surface area (Å²) in [5, 5.41) is 14.9. The maximum Gasteiger partial charge on any atom is 0.102 e. The molecule has 2 aromatic rings. The summed E-state index contributed by atoms with van der Waals surface area (Å²) >= 11 is 0. The standard InChI is InChI=1S/C22H28N2O/c25-22(14-6-8-18-7-4-5-11-21(18)22)17-23-19-12-15-24(16-13-19)20-9-2-1-3-10-20/h1-5,7,9-11,19,23,25H,6,8,12-17H2. The number of hydrogen-bond acceptors (Lipinski definition) is 3. The van der Waals surface area contributed by atoms with E-state index in [4.69, 9.17) is 0 Å². The smallest absolute Gasteiger partial charge is 0.102 e. The predicted molar refractivity (Wildman–Crippen MR) is 103 cm³/mol. The Kier molecular flexibility index (Phi) is 4.78. The molecule has 2 aliphatic rings. The molecule has 0 amide bonds. The highest BCUT2D eigenvalue weighted by Crippen LogP contribution is 2.35. The van der Waals surface area contributed by atoms with E-state index in [1.807, 2.05) is 6.07 Å². The largest absolute Gasteiger partial charge is 0.384 e. The van der Waals surface area contributed by atoms with Crippen molar-refractivity contribution in [2.75, 3.05) is 24.5 Å². The molecule has 4 rings (SSSR count). The summed E-state index contributed by atoms with van der Waals surface area (Å²) in [5.74, 6) is 0. The molecule has 2 aromatic carbocycles. The average Bonchev–Trinajstić information content (AvgIpc) is 2.68. The second-order valence-electron chi connectivity index (χ2n) is 7.52. The van der Waals surface area contributed by atoms with Gasteiger partial charge in [0.25, 0.3) is 0 Å². The summed E-state index contributed by atoms with van der Waals surface area (Å²) in [6.07, 6.45) is 5.29. The number of nitrogens with one attached hydrogen (secondary N) is 1. The van der Waals surface area contributed by atoms with E-state index < -0.39 is 5.60 Å². The third-order valence-corrected chi connectivity index (χ3v) is 5.85. The maximum absolute atomic E-state index is 11.2. The van der Waals surface area contributed by atoms with Crippen molar-refractivity contribution in [3.63, 3.8) is 0 Å². The molecule has 2 N–H and O–H groups in total. The molecule has 0 saturated carbocycles. The molecule has 1 heterocycles. The topological polar surface area (TPSA) is 35.5 Å². The van der Waals surface area contributed by atoms with Crippen LogP contribution >= 0.6 is 0 Å². The van der Waals surface area contributed by atoms with Crippen LogP contribution in [0.1, 0.15) is 36.8 Å². The van der Waals surface area contributed by atoms with Crippen LogP contribution in [0.5, 0.6) is 0 Å². The lowest BCUT2D eigenvalue weighted by Gasteiger charge is -2.38. The first kappa shape index (κ1) is 16.6. The minimum atomic E-state index is -0.703. The molecule has 0 radical (unpaired) electrons. The molecule has 1 aliphatic heterocycles. The fourth-order valence-corrected chi connectivity index (χ4v) is 4.38. The number of piperidine rings is 1. The van der Waals surface area contributed by atoms with Crippen molar-refractivity contribution in [2.24, 2.45) is 0 Å². The lowest BCUT2D eigenvalue weighted by molar-refractivity contribution is 0.0159. The molecular formula is C22H28N2O. The van der Waals surface area contributed by atoms with Gasteiger partial charge in [0.2, 0.25) is 0 Å². The van der Waals surface area contributed by atoms with Gasteiger partial charge in [0.1, 0.15) is 5.60 Å². The predicted octanol–water partition coefficient (Wildman–Crippen LogP) is 3.47. The normalized spacial score (nSPS) is 24.1. The van der Waals surface area contributed by atoms with Gasteiger partial charge in [-0.2, -0.15) is 0 Å². The van der Waals surface area contributed by atoms with Gasteiger partial charge in [-0.15, -0.1) is 0 Å². The highest BCUT2D eigenvalue weighted by atomic mass is 16.3. The SMILES string of the molecule is OC1(CNC2CCN(c3ccccc3)CC2)CCCc2ccccc21. The second kappa shape index (κ2) is 7.19. The molecule has 0 aromatic heterocycles. The molecular weight excluding hydrogens is 308 g/mol. The second-order valence-corrected chi connectivity index (χ2v) is 7.52. The van der Waals surface area contributed by atoms with Crippen molar-refractivity contribution in [2.45, 2.75) is 43.7 Å². The van der Waals surface area contributed by atoms with Crippen LogP contribution in [0.3, 0.4) is 0 Å². The maximum atomic E-state index is 11.2. The van der Waals surface area contributed by atoms with Gasteiger partial charge in [0, 0.05) is 31.4 Å². The summed E-state index contributed by atoms with van der Waals surface area (Å²) in [7, 11) is 0. The molecule has 1 aliphatic carbocycles. The van der Waals surface area contributed by atoms with Crippen LogP contribution in [0.4, 0.5) is 5.69 Å². The van der Waals surface area contributed by atoms with Gasteiger partial charge < -0.3 is 15.3 Å². The Bertz CT molecular complexity index is 694. The molecule has 132 valence electrons. The summed E-state index contributed by atoms with van der Waals surface area (Å²) in [6.45, 7) is 2.83. The van der Waals surface area contributed by atoms with Gasteiger partial charge >= 0.3 is 0 Å². The molecule has 0 bridgehead atoms. The zero-order valence-electron chi connectivity index (χ0n) is 14.8. The van der Waals surface area contributed by atoms with Crippen LogP contribution in [0, 0.1) is 0 Å². The van der Waals surface area contributed by atoms with Crippen molar-refractivity contribution in [3.8, 4) is 0 Å². The highest BCUT2D eigenvalue weighted by molar-refractivity contribution is 5.46. The molecule has 3 heteroatoms. The first-order valence-electron chi connectivity index (χ1n) is 9.59. The number of aliphatic hydroxyl groups is 1. The van der Waals surface area contributed by atoms with E-state index in [9.17, 15) is 5.11 Å². The van der Waals surface area contributed by atoms with E-state index in [0.29, 0.717) is 12.6 Å². The average molecular weight is 336 g/mol. The van der Waals surface area contributed by atoms with E-state index >= 15 is 0 Å². The molecule has 3 nitrogen and oxygen atoms in total. The Hall–Kier alpha value is -1.84. The zero-order chi connectivity index (χ0) is 17.1. The lowest BCUT2D eigenvalue weighted by atomic mass is 9.79. The van der Waals surface area contributed by atoms with Crippen LogP contribution in [0.2, 0.25) is 0 Å². The molecule has 0 spiro atoms. The Labute approximate surface area is 150 Å². The lowest BCUT2D eigenvalue weighted by Crippen LogP contribution is -2.48. The Morgan fingerprint density at radius 2 is 1.72 bits per heavy atom. The van der Waals surface area contributed by atoms with Crippen LogP contribution < -0.4 is 10.2 Å². The number of hydrogen-bond donors (Lipinski definition) is 2. The van der Waals surface area contributed by atoms with Crippen molar-refractivity contribution in [1.29, 1.82) is 0 Å². The van der Waals surface area contributed by atoms with Crippen LogP contribution in [-0.4, -0.2) is 30.8 Å². The molecule has 25 heavy (non-hydrogen) atoms. The Morgan fingerprint density at radius 1 is 1.00 bits per heavy atom. The summed E-state index contributed by atoms with van der Waals surface area (Å²) < 4.78 is 0. The third kappa shape index (κ3) is 3.58. The van der Waals surface area contributed by atoms with Crippen LogP contribution in [-0.2, 0) is 12.0 Å². The number of rotatable bonds is 4. The quantitative estimate of drug-likeness (QED) is 0.897. The third-order valence-electron chi connectivity index (χ3n) is 5.85. The van der Waals surface area contributed by atoms with Crippen molar-refractivity contribution in [3.05, 3.63) is 65.7 Å². The van der Waals surface area contributed by atoms with Crippen molar-refractivity contribution in [1.82, 2.24) is 5.32 Å². The van der Waals surface area contributed by atoms with Crippen molar-refractivity contribution >= 4 is 5.69 Å². The monoisotopic (exact) mass is 336 g/mol. The van der Waals surface area contributed by atoms with Crippen molar-refractivity contribution < 1.29 is 5.11 Å². The number of anilines is 1. The summed E-state index contributed by atoms with van der Waals surface area (Å²) in [4.78, 5) is 2.46. The first-order valence-corrected chi connectivity index (χ1v) is 9.59. The summed E-state index contributed by atoms with van der Waals surface area (Å²) in [5.41, 5.74) is 3.07. The van der Waals surface area contributed by atoms with E-state index in [-0.39, 0.29) is 0 Å². The fourth-order valence-electron chi connectivity index (χ4n) is 4.38. The number of benzene rings is 2. The number of fused-ring (bicyclic) bond motifs is 1. The Balaban J connectivity index is 1.34. The molecule has 1 saturated heterocycles. The number of aryl methyl sites for hydroxylation is 1. The van der Waals surface area contributed by atoms with Gasteiger partial charge in [-0.05, 0) is 55.4 Å². The number of para-hydroxylation sites is 1. The summed E-state index contributed by atoms with van der Waals surface area (Å²) in [6, 6.07) is 19.6. The molecule has 1 unspecified atom stereocenters. The van der Waals surface area contributed by atoms with Gasteiger partial charge in [0.05, 0.1) is 0 Å². The number of nitrogens with zero attached hydrogens (tertiary/aromatic N) is 1.